The Kier molecular flexibility index (Phi) is 4.86. The van der Waals surface area contributed by atoms with Gasteiger partial charge in [-0.25, -0.2) is 0 Å². The van der Waals surface area contributed by atoms with Crippen molar-refractivity contribution in [1.82, 2.24) is 0 Å². The van der Waals surface area contributed by atoms with Crippen LogP contribution in [0.25, 0.3) is 32.7 Å². The standard InChI is InChI=1S/C32H23N/c1-3-15-27(16-4-1)33(28-17-5-2-6-18-28)32-21-10-9-19-30(32)29-20-11-14-26-22-24-12-7-8-13-25(24)23-31(26)29/h1-23H. The summed E-state index contributed by atoms with van der Waals surface area (Å²) in [5.41, 5.74) is 5.90. The van der Waals surface area contributed by atoms with Gasteiger partial charge in [-0.1, -0.05) is 97.1 Å². The van der Waals surface area contributed by atoms with Gasteiger partial charge in [0.1, 0.15) is 0 Å². The Morgan fingerprint density at radius 3 is 1.58 bits per heavy atom. The third-order valence-corrected chi connectivity index (χ3v) is 6.21. The Hall–Kier alpha value is -4.36. The maximum Gasteiger partial charge on any atom is 0.0540 e. The number of benzene rings is 6. The van der Waals surface area contributed by atoms with Crippen LogP contribution >= 0.6 is 0 Å². The van der Waals surface area contributed by atoms with Crippen molar-refractivity contribution in [3.63, 3.8) is 0 Å². The molecule has 0 aliphatic rings. The highest BCUT2D eigenvalue weighted by molar-refractivity contribution is 6.07. The van der Waals surface area contributed by atoms with Gasteiger partial charge in [-0.3, -0.25) is 0 Å². The van der Waals surface area contributed by atoms with Crippen molar-refractivity contribution in [2.75, 3.05) is 4.90 Å². The van der Waals surface area contributed by atoms with E-state index in [1.54, 1.807) is 0 Å². The number of hydrogen-bond donors (Lipinski definition) is 0. The average Bonchev–Trinajstić information content (AvgIpc) is 2.89. The minimum Gasteiger partial charge on any atom is -0.310 e. The van der Waals surface area contributed by atoms with Crippen molar-refractivity contribution >= 4 is 38.6 Å². The van der Waals surface area contributed by atoms with Gasteiger partial charge in [0.15, 0.2) is 0 Å². The molecule has 33 heavy (non-hydrogen) atoms. The Morgan fingerprint density at radius 2 is 0.879 bits per heavy atom. The van der Waals surface area contributed by atoms with Crippen molar-refractivity contribution in [2.24, 2.45) is 0 Å². The molecule has 0 saturated heterocycles. The molecule has 0 aromatic heterocycles. The van der Waals surface area contributed by atoms with Crippen LogP contribution in [0.1, 0.15) is 0 Å². The predicted molar refractivity (Wildman–Crippen MR) is 142 cm³/mol. The highest BCUT2D eigenvalue weighted by Gasteiger charge is 2.17. The van der Waals surface area contributed by atoms with E-state index in [1.807, 2.05) is 0 Å². The summed E-state index contributed by atoms with van der Waals surface area (Å²) >= 11 is 0. The normalized spacial score (nSPS) is 11.0. The average molecular weight is 422 g/mol. The minimum absolute atomic E-state index is 1.14. The zero-order chi connectivity index (χ0) is 22.0. The molecular weight excluding hydrogens is 398 g/mol. The van der Waals surface area contributed by atoms with Crippen molar-refractivity contribution in [2.45, 2.75) is 0 Å². The molecule has 0 amide bonds. The lowest BCUT2D eigenvalue weighted by atomic mass is 9.94. The van der Waals surface area contributed by atoms with Crippen LogP contribution < -0.4 is 4.90 Å². The van der Waals surface area contributed by atoms with Crippen LogP contribution in [-0.2, 0) is 0 Å². The van der Waals surface area contributed by atoms with Gasteiger partial charge in [0.25, 0.3) is 0 Å². The highest BCUT2D eigenvalue weighted by atomic mass is 15.1. The molecule has 0 saturated carbocycles. The predicted octanol–water partition coefficient (Wildman–Crippen LogP) is 9.13. The lowest BCUT2D eigenvalue weighted by molar-refractivity contribution is 1.28. The van der Waals surface area contributed by atoms with Crippen molar-refractivity contribution in [3.8, 4) is 11.1 Å². The molecule has 0 radical (unpaired) electrons. The Bertz CT molecular complexity index is 1510. The van der Waals surface area contributed by atoms with Gasteiger partial charge in [0.2, 0.25) is 0 Å². The molecule has 0 N–H and O–H groups in total. The fourth-order valence-electron chi connectivity index (χ4n) is 4.68. The summed E-state index contributed by atoms with van der Waals surface area (Å²) in [7, 11) is 0. The van der Waals surface area contributed by atoms with E-state index in [4.69, 9.17) is 0 Å². The molecule has 0 aliphatic heterocycles. The molecule has 1 heteroatoms. The van der Waals surface area contributed by atoms with Gasteiger partial charge in [0.05, 0.1) is 5.69 Å². The lowest BCUT2D eigenvalue weighted by Crippen LogP contribution is -2.10. The van der Waals surface area contributed by atoms with Crippen LogP contribution in [0, 0.1) is 0 Å². The van der Waals surface area contributed by atoms with E-state index in [0.29, 0.717) is 0 Å². The molecule has 0 bridgehead atoms. The summed E-state index contributed by atoms with van der Waals surface area (Å²) in [6, 6.07) is 49.7. The number of para-hydroxylation sites is 3. The second-order valence-corrected chi connectivity index (χ2v) is 8.25. The van der Waals surface area contributed by atoms with Gasteiger partial charge in [-0.2, -0.15) is 0 Å². The number of rotatable bonds is 4. The second-order valence-electron chi connectivity index (χ2n) is 8.25. The van der Waals surface area contributed by atoms with E-state index in [0.717, 1.165) is 17.1 Å². The third-order valence-electron chi connectivity index (χ3n) is 6.21. The van der Waals surface area contributed by atoms with E-state index in [9.17, 15) is 0 Å². The molecule has 0 atom stereocenters. The number of anilines is 3. The molecule has 6 aromatic rings. The van der Waals surface area contributed by atoms with E-state index in [-0.39, 0.29) is 0 Å². The summed E-state index contributed by atoms with van der Waals surface area (Å²) in [5, 5.41) is 5.06. The first-order valence-electron chi connectivity index (χ1n) is 11.3. The van der Waals surface area contributed by atoms with Gasteiger partial charge in [-0.05, 0) is 69.6 Å². The monoisotopic (exact) mass is 421 g/mol. The van der Waals surface area contributed by atoms with Crippen LogP contribution in [-0.4, -0.2) is 0 Å². The molecule has 0 spiro atoms. The van der Waals surface area contributed by atoms with Crippen molar-refractivity contribution in [3.05, 3.63) is 140 Å². The number of hydrogen-bond acceptors (Lipinski definition) is 1. The first-order valence-corrected chi connectivity index (χ1v) is 11.3. The van der Waals surface area contributed by atoms with Crippen molar-refractivity contribution in [1.29, 1.82) is 0 Å². The molecule has 0 unspecified atom stereocenters. The Balaban J connectivity index is 1.62. The third kappa shape index (κ3) is 3.54. The van der Waals surface area contributed by atoms with E-state index in [1.165, 1.54) is 32.7 Å². The molecule has 0 heterocycles. The van der Waals surface area contributed by atoms with Gasteiger partial charge in [0, 0.05) is 16.9 Å². The van der Waals surface area contributed by atoms with Crippen LogP contribution in [0.5, 0.6) is 0 Å². The summed E-state index contributed by atoms with van der Waals surface area (Å²) in [6.07, 6.45) is 0. The number of fused-ring (bicyclic) bond motifs is 2. The summed E-state index contributed by atoms with van der Waals surface area (Å²) < 4.78 is 0. The van der Waals surface area contributed by atoms with Crippen LogP contribution in [0.3, 0.4) is 0 Å². The van der Waals surface area contributed by atoms with Crippen molar-refractivity contribution < 1.29 is 0 Å². The first-order chi connectivity index (χ1) is 16.4. The molecular formula is C32H23N. The SMILES string of the molecule is c1ccc(N(c2ccccc2)c2ccccc2-c2cccc3cc4ccccc4cc23)cc1. The molecule has 0 aliphatic carbocycles. The maximum absolute atomic E-state index is 2.34. The Morgan fingerprint density at radius 1 is 0.364 bits per heavy atom. The second kappa shape index (κ2) is 8.29. The Labute approximate surface area is 194 Å². The summed E-state index contributed by atoms with van der Waals surface area (Å²) in [5.74, 6) is 0. The molecule has 156 valence electrons. The fourth-order valence-corrected chi connectivity index (χ4v) is 4.68. The van der Waals surface area contributed by atoms with Crippen LogP contribution in [0.2, 0.25) is 0 Å². The molecule has 6 aromatic carbocycles. The van der Waals surface area contributed by atoms with E-state index >= 15 is 0 Å². The van der Waals surface area contributed by atoms with Gasteiger partial charge in [-0.15, -0.1) is 0 Å². The smallest absolute Gasteiger partial charge is 0.0540 e. The van der Waals surface area contributed by atoms with E-state index in [2.05, 4.69) is 144 Å². The zero-order valence-corrected chi connectivity index (χ0v) is 18.2. The zero-order valence-electron chi connectivity index (χ0n) is 18.2. The summed E-state index contributed by atoms with van der Waals surface area (Å²) in [6.45, 7) is 0. The lowest BCUT2D eigenvalue weighted by Gasteiger charge is -2.28. The minimum atomic E-state index is 1.14. The van der Waals surface area contributed by atoms with E-state index < -0.39 is 0 Å². The van der Waals surface area contributed by atoms with Crippen LogP contribution in [0.4, 0.5) is 17.1 Å². The van der Waals surface area contributed by atoms with Gasteiger partial charge >= 0.3 is 0 Å². The topological polar surface area (TPSA) is 3.24 Å². The first kappa shape index (κ1) is 19.3. The largest absolute Gasteiger partial charge is 0.310 e. The summed E-state index contributed by atoms with van der Waals surface area (Å²) in [4.78, 5) is 2.34. The van der Waals surface area contributed by atoms with Crippen LogP contribution in [0.15, 0.2) is 140 Å². The molecule has 6 rings (SSSR count). The molecule has 0 fully saturated rings. The maximum atomic E-state index is 2.34. The fraction of sp³-hybridized carbons (Fsp3) is 0. The quantitative estimate of drug-likeness (QED) is 0.256. The number of nitrogens with zero attached hydrogens (tertiary/aromatic N) is 1. The highest BCUT2D eigenvalue weighted by Crippen LogP contribution is 2.42. The molecule has 1 nitrogen and oxygen atoms in total. The van der Waals surface area contributed by atoms with Gasteiger partial charge < -0.3 is 4.90 Å².